The van der Waals surface area contributed by atoms with Crippen LogP contribution in [0.1, 0.15) is 29.8 Å². The smallest absolute Gasteiger partial charge is 0.240 e. The van der Waals surface area contributed by atoms with Crippen LogP contribution in [-0.4, -0.2) is 8.42 Å². The predicted molar refractivity (Wildman–Crippen MR) is 89.7 cm³/mol. The van der Waals surface area contributed by atoms with Gasteiger partial charge in [0.1, 0.15) is 0 Å². The largest absolute Gasteiger partial charge is 0.324 e. The second-order valence-electron chi connectivity index (χ2n) is 4.62. The average Bonchev–Trinajstić information content (AvgIpc) is 2.90. The van der Waals surface area contributed by atoms with Gasteiger partial charge >= 0.3 is 0 Å². The molecule has 1 aromatic heterocycles. The van der Waals surface area contributed by atoms with Crippen LogP contribution in [0, 0.1) is 0 Å². The highest BCUT2D eigenvalue weighted by atomic mass is 79.9. The monoisotopic (exact) mass is 388 g/mol. The minimum atomic E-state index is -3.53. The van der Waals surface area contributed by atoms with Crippen LogP contribution in [0.2, 0.25) is 0 Å². The summed E-state index contributed by atoms with van der Waals surface area (Å²) in [6, 6.07) is 10.4. The van der Waals surface area contributed by atoms with E-state index in [1.54, 1.807) is 18.2 Å². The number of thiophene rings is 1. The molecule has 2 aromatic rings. The average molecular weight is 389 g/mol. The number of benzene rings is 1. The van der Waals surface area contributed by atoms with Crippen LogP contribution in [0.25, 0.3) is 0 Å². The third kappa shape index (κ3) is 4.37. The van der Waals surface area contributed by atoms with Gasteiger partial charge in [0.25, 0.3) is 0 Å². The molecule has 0 aliphatic rings. The Hall–Kier alpha value is -0.730. The summed E-state index contributed by atoms with van der Waals surface area (Å²) in [4.78, 5) is 1.20. The van der Waals surface area contributed by atoms with Crippen LogP contribution < -0.4 is 10.5 Å². The molecule has 0 aliphatic heterocycles. The Morgan fingerprint density at radius 3 is 2.71 bits per heavy atom. The summed E-state index contributed by atoms with van der Waals surface area (Å²) in [5, 5.41) is 0. The van der Waals surface area contributed by atoms with Gasteiger partial charge in [-0.05, 0) is 52.2 Å². The zero-order valence-corrected chi connectivity index (χ0v) is 14.8. The number of nitrogens with two attached hydrogens (primary N) is 1. The molecule has 7 heteroatoms. The third-order valence-electron chi connectivity index (χ3n) is 3.10. The van der Waals surface area contributed by atoms with Crippen molar-refractivity contribution < 1.29 is 8.42 Å². The normalized spacial score (nSPS) is 13.3. The highest BCUT2D eigenvalue weighted by Gasteiger charge is 2.15. The van der Waals surface area contributed by atoms with Crippen molar-refractivity contribution in [3.05, 3.63) is 50.6 Å². The van der Waals surface area contributed by atoms with Crippen LogP contribution >= 0.6 is 27.3 Å². The molecule has 0 radical (unpaired) electrons. The number of sulfonamides is 1. The lowest BCUT2D eigenvalue weighted by Crippen LogP contribution is -2.23. The second-order valence-corrected chi connectivity index (χ2v) is 8.93. The van der Waals surface area contributed by atoms with E-state index in [0.29, 0.717) is 0 Å². The molecule has 3 N–H and O–H groups in total. The Bertz CT molecular complexity index is 713. The molecule has 1 unspecified atom stereocenters. The van der Waals surface area contributed by atoms with E-state index < -0.39 is 10.0 Å². The van der Waals surface area contributed by atoms with Crippen molar-refractivity contribution in [2.75, 3.05) is 0 Å². The van der Waals surface area contributed by atoms with Crippen molar-refractivity contribution in [1.29, 1.82) is 0 Å². The SMILES string of the molecule is CCC(N)c1cccc(S(=O)(=O)NCc2ccc(Br)s2)c1. The van der Waals surface area contributed by atoms with Crippen molar-refractivity contribution >= 4 is 37.3 Å². The summed E-state index contributed by atoms with van der Waals surface area (Å²) in [7, 11) is -3.53. The molecule has 0 aliphatic carbocycles. The zero-order chi connectivity index (χ0) is 15.5. The standard InChI is InChI=1S/C14H17BrN2O2S2/c1-2-13(16)10-4-3-5-12(8-10)21(18,19)17-9-11-6-7-14(15)20-11/h3-8,13,17H,2,9,16H2,1H3. The Balaban J connectivity index is 2.15. The van der Waals surface area contributed by atoms with Crippen molar-refractivity contribution in [3.63, 3.8) is 0 Å². The molecule has 2 rings (SSSR count). The predicted octanol–water partition coefficient (Wildman–Crippen LogP) is 3.40. The molecule has 0 bridgehead atoms. The molecule has 1 atom stereocenters. The Morgan fingerprint density at radius 1 is 1.33 bits per heavy atom. The Labute approximate surface area is 137 Å². The first-order chi connectivity index (χ1) is 9.92. The van der Waals surface area contributed by atoms with Gasteiger partial charge in [0, 0.05) is 17.5 Å². The number of rotatable bonds is 6. The molecule has 0 saturated carbocycles. The fraction of sp³-hybridized carbons (Fsp3) is 0.286. The van der Waals surface area contributed by atoms with E-state index in [-0.39, 0.29) is 17.5 Å². The molecule has 1 aromatic carbocycles. The molecule has 0 spiro atoms. The lowest BCUT2D eigenvalue weighted by Gasteiger charge is -2.11. The van der Waals surface area contributed by atoms with Crippen molar-refractivity contribution in [2.45, 2.75) is 30.8 Å². The molecule has 4 nitrogen and oxygen atoms in total. The Morgan fingerprint density at radius 2 is 2.10 bits per heavy atom. The van der Waals surface area contributed by atoms with E-state index in [1.807, 2.05) is 25.1 Å². The molecule has 21 heavy (non-hydrogen) atoms. The first-order valence-electron chi connectivity index (χ1n) is 6.52. The summed E-state index contributed by atoms with van der Waals surface area (Å²) < 4.78 is 28.2. The van der Waals surface area contributed by atoms with E-state index in [2.05, 4.69) is 20.7 Å². The quantitative estimate of drug-likeness (QED) is 0.796. The molecular formula is C14H17BrN2O2S2. The maximum absolute atomic E-state index is 12.3. The highest BCUT2D eigenvalue weighted by molar-refractivity contribution is 9.11. The number of halogens is 1. The maximum atomic E-state index is 12.3. The lowest BCUT2D eigenvalue weighted by molar-refractivity contribution is 0.581. The van der Waals surface area contributed by atoms with Gasteiger partial charge in [-0.1, -0.05) is 19.1 Å². The summed E-state index contributed by atoms with van der Waals surface area (Å²) >= 11 is 4.86. The molecular weight excluding hydrogens is 372 g/mol. The molecule has 0 fully saturated rings. The van der Waals surface area contributed by atoms with Crippen molar-refractivity contribution in [3.8, 4) is 0 Å². The first kappa shape index (κ1) is 16.6. The number of hydrogen-bond acceptors (Lipinski definition) is 4. The van der Waals surface area contributed by atoms with Gasteiger partial charge in [0.15, 0.2) is 0 Å². The van der Waals surface area contributed by atoms with Crippen LogP contribution in [0.3, 0.4) is 0 Å². The van der Waals surface area contributed by atoms with Crippen LogP contribution in [-0.2, 0) is 16.6 Å². The lowest BCUT2D eigenvalue weighted by atomic mass is 10.1. The van der Waals surface area contributed by atoms with Gasteiger partial charge in [-0.3, -0.25) is 0 Å². The van der Waals surface area contributed by atoms with Gasteiger partial charge in [-0.15, -0.1) is 11.3 Å². The summed E-state index contributed by atoms with van der Waals surface area (Å²) in [6.07, 6.45) is 0.764. The van der Waals surface area contributed by atoms with E-state index in [9.17, 15) is 8.42 Å². The molecule has 1 heterocycles. The second kappa shape index (κ2) is 7.02. The summed E-state index contributed by atoms with van der Waals surface area (Å²) in [5.74, 6) is 0. The van der Waals surface area contributed by atoms with E-state index in [4.69, 9.17) is 5.73 Å². The van der Waals surface area contributed by atoms with Gasteiger partial charge in [-0.25, -0.2) is 13.1 Å². The van der Waals surface area contributed by atoms with Crippen molar-refractivity contribution in [1.82, 2.24) is 4.72 Å². The molecule has 0 amide bonds. The highest BCUT2D eigenvalue weighted by Crippen LogP contribution is 2.23. The fourth-order valence-corrected chi connectivity index (χ4v) is 4.42. The van der Waals surface area contributed by atoms with E-state index in [1.165, 1.54) is 11.3 Å². The maximum Gasteiger partial charge on any atom is 0.240 e. The third-order valence-corrected chi connectivity index (χ3v) is 6.12. The van der Waals surface area contributed by atoms with Gasteiger partial charge in [0.2, 0.25) is 10.0 Å². The summed E-state index contributed by atoms with van der Waals surface area (Å²) in [6.45, 7) is 2.25. The van der Waals surface area contributed by atoms with Crippen LogP contribution in [0.15, 0.2) is 45.1 Å². The minimum Gasteiger partial charge on any atom is -0.324 e. The summed E-state index contributed by atoms with van der Waals surface area (Å²) in [5.41, 5.74) is 6.79. The van der Waals surface area contributed by atoms with Crippen LogP contribution in [0.5, 0.6) is 0 Å². The van der Waals surface area contributed by atoms with Gasteiger partial charge in [-0.2, -0.15) is 0 Å². The Kier molecular flexibility index (Phi) is 5.56. The van der Waals surface area contributed by atoms with Gasteiger partial charge < -0.3 is 5.73 Å². The van der Waals surface area contributed by atoms with Crippen LogP contribution in [0.4, 0.5) is 0 Å². The topological polar surface area (TPSA) is 72.2 Å². The van der Waals surface area contributed by atoms with E-state index >= 15 is 0 Å². The van der Waals surface area contributed by atoms with E-state index in [0.717, 1.165) is 20.6 Å². The van der Waals surface area contributed by atoms with Gasteiger partial charge in [0.05, 0.1) is 8.68 Å². The number of nitrogens with one attached hydrogen (secondary N) is 1. The van der Waals surface area contributed by atoms with Crippen molar-refractivity contribution in [2.24, 2.45) is 5.73 Å². The molecule has 0 saturated heterocycles. The number of hydrogen-bond donors (Lipinski definition) is 2. The first-order valence-corrected chi connectivity index (χ1v) is 9.61. The molecule has 114 valence electrons. The fourth-order valence-electron chi connectivity index (χ4n) is 1.84. The minimum absolute atomic E-state index is 0.145. The zero-order valence-electron chi connectivity index (χ0n) is 11.5.